The zero-order chi connectivity index (χ0) is 17.9. The van der Waals surface area contributed by atoms with Crippen LogP contribution in [0.2, 0.25) is 0 Å². The second-order valence-electron chi connectivity index (χ2n) is 5.30. The van der Waals surface area contributed by atoms with Gasteiger partial charge >= 0.3 is 0 Å². The quantitative estimate of drug-likeness (QED) is 0.363. The number of carbonyl (C=O) groups is 1. The van der Waals surface area contributed by atoms with Crippen LogP contribution in [0.5, 0.6) is 5.88 Å². The number of nitrogens with one attached hydrogen (secondary N) is 1. The molecule has 0 saturated carbocycles. The molecule has 7 nitrogen and oxygen atoms in total. The van der Waals surface area contributed by atoms with Gasteiger partial charge in [0.2, 0.25) is 11.8 Å². The van der Waals surface area contributed by atoms with Crippen LogP contribution < -0.4 is 10.1 Å². The number of halogens is 1. The molecule has 0 saturated heterocycles. The molecule has 0 aliphatic heterocycles. The Balaban J connectivity index is 0.00000576. The fourth-order valence-electron chi connectivity index (χ4n) is 2.25. The highest BCUT2D eigenvalue weighted by atomic mass is 127. The van der Waals surface area contributed by atoms with Crippen LogP contribution in [0, 0.1) is 0 Å². The molecule has 1 aromatic heterocycles. The van der Waals surface area contributed by atoms with Crippen LogP contribution in [-0.4, -0.2) is 67.0 Å². The van der Waals surface area contributed by atoms with E-state index in [1.54, 1.807) is 13.3 Å². The van der Waals surface area contributed by atoms with Gasteiger partial charge in [-0.3, -0.25) is 4.79 Å². The number of hydrogen-bond acceptors (Lipinski definition) is 4. The Hall–Kier alpha value is -1.58. The average molecular weight is 463 g/mol. The predicted octanol–water partition coefficient (Wildman–Crippen LogP) is 1.97. The number of rotatable bonds is 8. The molecule has 0 bridgehead atoms. The number of likely N-dealkylation sites (N-methyl/N-ethyl adjacent to an activating group) is 2. The Morgan fingerprint density at radius 2 is 2.00 bits per heavy atom. The summed E-state index contributed by atoms with van der Waals surface area (Å²) >= 11 is 0. The monoisotopic (exact) mass is 463 g/mol. The number of amides is 1. The zero-order valence-corrected chi connectivity index (χ0v) is 18.1. The molecule has 0 fully saturated rings. The van der Waals surface area contributed by atoms with E-state index >= 15 is 0 Å². The third-order valence-corrected chi connectivity index (χ3v) is 3.60. The minimum Gasteiger partial charge on any atom is -0.481 e. The first-order chi connectivity index (χ1) is 11.5. The van der Waals surface area contributed by atoms with Gasteiger partial charge in [-0.05, 0) is 32.4 Å². The van der Waals surface area contributed by atoms with Crippen molar-refractivity contribution in [2.45, 2.75) is 27.3 Å². The summed E-state index contributed by atoms with van der Waals surface area (Å²) < 4.78 is 5.12. The van der Waals surface area contributed by atoms with Crippen molar-refractivity contribution in [1.82, 2.24) is 20.1 Å². The molecule has 142 valence electrons. The minimum atomic E-state index is 0. The molecule has 1 heterocycles. The van der Waals surface area contributed by atoms with E-state index in [0.29, 0.717) is 38.0 Å². The number of hydrogen-bond donors (Lipinski definition) is 1. The van der Waals surface area contributed by atoms with Gasteiger partial charge in [-0.15, -0.1) is 24.0 Å². The average Bonchev–Trinajstić information content (AvgIpc) is 2.59. The van der Waals surface area contributed by atoms with Crippen LogP contribution in [0.1, 0.15) is 26.3 Å². The first-order valence-corrected chi connectivity index (χ1v) is 8.31. The number of nitrogens with zero attached hydrogens (tertiary/aromatic N) is 4. The molecular weight excluding hydrogens is 433 g/mol. The maximum Gasteiger partial charge on any atom is 0.242 e. The van der Waals surface area contributed by atoms with Crippen LogP contribution in [0.3, 0.4) is 0 Å². The van der Waals surface area contributed by atoms with Gasteiger partial charge in [0.15, 0.2) is 5.96 Å². The molecule has 0 spiro atoms. The maximum absolute atomic E-state index is 12.3. The lowest BCUT2D eigenvalue weighted by Crippen LogP contribution is -2.45. The number of methoxy groups -OCH3 is 1. The van der Waals surface area contributed by atoms with Gasteiger partial charge in [0.1, 0.15) is 0 Å². The number of pyridine rings is 1. The Morgan fingerprint density at radius 1 is 1.32 bits per heavy atom. The van der Waals surface area contributed by atoms with E-state index in [9.17, 15) is 4.79 Å². The molecule has 0 aliphatic carbocycles. The third-order valence-electron chi connectivity index (χ3n) is 3.60. The van der Waals surface area contributed by atoms with Crippen molar-refractivity contribution in [3.05, 3.63) is 23.9 Å². The number of carbonyl (C=O) groups excluding carboxylic acids is 1. The number of aliphatic imine (C=N–C) groups is 1. The molecular formula is C17H30IN5O2. The van der Waals surface area contributed by atoms with E-state index in [1.807, 2.05) is 49.8 Å². The summed E-state index contributed by atoms with van der Waals surface area (Å²) in [6, 6.07) is 3.75. The Kier molecular flexibility index (Phi) is 11.9. The molecule has 0 aromatic carbocycles. The summed E-state index contributed by atoms with van der Waals surface area (Å²) in [6.07, 6.45) is 1.70. The van der Waals surface area contributed by atoms with Crippen molar-refractivity contribution in [1.29, 1.82) is 0 Å². The summed E-state index contributed by atoms with van der Waals surface area (Å²) in [5, 5.41) is 3.22. The van der Waals surface area contributed by atoms with Gasteiger partial charge in [-0.25, -0.2) is 9.98 Å². The smallest absolute Gasteiger partial charge is 0.242 e. The summed E-state index contributed by atoms with van der Waals surface area (Å²) in [7, 11) is 3.46. The Morgan fingerprint density at radius 3 is 2.56 bits per heavy atom. The molecule has 1 amide bonds. The van der Waals surface area contributed by atoms with Gasteiger partial charge in [-0.1, -0.05) is 0 Å². The van der Waals surface area contributed by atoms with E-state index < -0.39 is 0 Å². The van der Waals surface area contributed by atoms with E-state index in [2.05, 4.69) is 15.3 Å². The van der Waals surface area contributed by atoms with E-state index in [1.165, 1.54) is 0 Å². The van der Waals surface area contributed by atoms with Gasteiger partial charge in [0.25, 0.3) is 0 Å². The fraction of sp³-hybridized carbons (Fsp3) is 0.588. The summed E-state index contributed by atoms with van der Waals surface area (Å²) in [4.78, 5) is 24.6. The van der Waals surface area contributed by atoms with Crippen LogP contribution >= 0.6 is 24.0 Å². The lowest BCUT2D eigenvalue weighted by atomic mass is 10.3. The van der Waals surface area contributed by atoms with E-state index in [4.69, 9.17) is 4.74 Å². The largest absolute Gasteiger partial charge is 0.481 e. The summed E-state index contributed by atoms with van der Waals surface area (Å²) in [5.41, 5.74) is 1.00. The van der Waals surface area contributed by atoms with Crippen molar-refractivity contribution in [3.8, 4) is 5.88 Å². The number of guanidine groups is 1. The standard InChI is InChI=1S/C17H29N5O2.HI/c1-6-18-17(21(4)13-16(23)22(7-2)8-3)20-12-14-9-10-19-15(11-14)24-5;/h9-11H,6-8,12-13H2,1-5H3,(H,18,20);1H. The van der Waals surface area contributed by atoms with Crippen molar-refractivity contribution < 1.29 is 9.53 Å². The van der Waals surface area contributed by atoms with Gasteiger partial charge in [-0.2, -0.15) is 0 Å². The molecule has 1 N–H and O–H groups in total. The van der Waals surface area contributed by atoms with Gasteiger partial charge < -0.3 is 19.9 Å². The second kappa shape index (κ2) is 12.7. The van der Waals surface area contributed by atoms with Gasteiger partial charge in [0, 0.05) is 38.9 Å². The highest BCUT2D eigenvalue weighted by molar-refractivity contribution is 14.0. The fourth-order valence-corrected chi connectivity index (χ4v) is 2.25. The van der Waals surface area contributed by atoms with Crippen LogP contribution in [0.25, 0.3) is 0 Å². The lowest BCUT2D eigenvalue weighted by Gasteiger charge is -2.25. The van der Waals surface area contributed by atoms with E-state index in [0.717, 1.165) is 12.1 Å². The van der Waals surface area contributed by atoms with Crippen molar-refractivity contribution in [2.75, 3.05) is 40.3 Å². The first-order valence-electron chi connectivity index (χ1n) is 8.31. The van der Waals surface area contributed by atoms with Crippen LogP contribution in [-0.2, 0) is 11.3 Å². The molecule has 1 aromatic rings. The first kappa shape index (κ1) is 23.4. The summed E-state index contributed by atoms with van der Waals surface area (Å²) in [6.45, 7) is 8.93. The normalized spacial score (nSPS) is 10.7. The predicted molar refractivity (Wildman–Crippen MR) is 112 cm³/mol. The van der Waals surface area contributed by atoms with Gasteiger partial charge in [0.05, 0.1) is 20.2 Å². The summed E-state index contributed by atoms with van der Waals surface area (Å²) in [5.74, 6) is 1.37. The van der Waals surface area contributed by atoms with Crippen molar-refractivity contribution >= 4 is 35.8 Å². The van der Waals surface area contributed by atoms with Crippen molar-refractivity contribution in [2.24, 2.45) is 4.99 Å². The Labute approximate surface area is 167 Å². The highest BCUT2D eigenvalue weighted by Crippen LogP contribution is 2.09. The molecule has 0 atom stereocenters. The second-order valence-corrected chi connectivity index (χ2v) is 5.30. The molecule has 25 heavy (non-hydrogen) atoms. The SMILES string of the molecule is CCNC(=NCc1ccnc(OC)c1)N(C)CC(=O)N(CC)CC.I. The molecule has 0 radical (unpaired) electrons. The van der Waals surface area contributed by atoms with Crippen LogP contribution in [0.4, 0.5) is 0 Å². The minimum absolute atomic E-state index is 0. The number of aromatic nitrogens is 1. The zero-order valence-electron chi connectivity index (χ0n) is 15.8. The molecule has 0 aliphatic rings. The van der Waals surface area contributed by atoms with Crippen LogP contribution in [0.15, 0.2) is 23.3 Å². The maximum atomic E-state index is 12.3. The molecule has 1 rings (SSSR count). The Bertz CT molecular complexity index is 550. The number of ether oxygens (including phenoxy) is 1. The van der Waals surface area contributed by atoms with E-state index in [-0.39, 0.29) is 29.9 Å². The lowest BCUT2D eigenvalue weighted by molar-refractivity contribution is -0.131. The molecule has 8 heteroatoms. The molecule has 0 unspecified atom stereocenters. The topological polar surface area (TPSA) is 70.1 Å². The van der Waals surface area contributed by atoms with Crippen molar-refractivity contribution in [3.63, 3.8) is 0 Å². The highest BCUT2D eigenvalue weighted by Gasteiger charge is 2.14. The third kappa shape index (κ3) is 7.89.